The van der Waals surface area contributed by atoms with Gasteiger partial charge in [0.2, 0.25) is 0 Å². The molecular formula is C22H23N3O4S. The molecule has 30 heavy (non-hydrogen) atoms. The van der Waals surface area contributed by atoms with Gasteiger partial charge in [-0.1, -0.05) is 12.1 Å². The number of sulfonamides is 1. The lowest BCUT2D eigenvalue weighted by atomic mass is 10.2. The van der Waals surface area contributed by atoms with E-state index in [0.717, 1.165) is 5.56 Å². The van der Waals surface area contributed by atoms with Crippen LogP contribution in [0.1, 0.15) is 22.8 Å². The van der Waals surface area contributed by atoms with Crippen LogP contribution in [0.5, 0.6) is 5.75 Å². The molecule has 0 spiro atoms. The molecule has 2 N–H and O–H groups in total. The molecule has 0 bridgehead atoms. The molecule has 0 saturated heterocycles. The Kier molecular flexibility index (Phi) is 7.03. The van der Waals surface area contributed by atoms with Crippen molar-refractivity contribution >= 4 is 21.6 Å². The summed E-state index contributed by atoms with van der Waals surface area (Å²) in [6.07, 6.45) is 4.11. The normalized spacial score (nSPS) is 11.0. The Morgan fingerprint density at radius 2 is 1.87 bits per heavy atom. The summed E-state index contributed by atoms with van der Waals surface area (Å²) in [6.45, 7) is 2.81. The highest BCUT2D eigenvalue weighted by Gasteiger charge is 2.15. The van der Waals surface area contributed by atoms with Crippen molar-refractivity contribution in [3.63, 3.8) is 0 Å². The van der Waals surface area contributed by atoms with Crippen molar-refractivity contribution in [2.75, 3.05) is 17.9 Å². The number of rotatable bonds is 9. The number of ether oxygens (including phenoxy) is 1. The molecule has 3 rings (SSSR count). The zero-order valence-corrected chi connectivity index (χ0v) is 17.4. The predicted molar refractivity (Wildman–Crippen MR) is 115 cm³/mol. The number of carbonyl (C=O) groups excluding carboxylic acids is 1. The molecule has 1 heterocycles. The first-order chi connectivity index (χ1) is 14.5. The van der Waals surface area contributed by atoms with E-state index < -0.39 is 10.0 Å². The van der Waals surface area contributed by atoms with Crippen molar-refractivity contribution < 1.29 is 17.9 Å². The molecule has 0 aliphatic carbocycles. The molecule has 7 nitrogen and oxygen atoms in total. The Morgan fingerprint density at radius 3 is 2.57 bits per heavy atom. The van der Waals surface area contributed by atoms with E-state index in [1.54, 1.807) is 42.7 Å². The van der Waals surface area contributed by atoms with E-state index in [1.807, 2.05) is 19.1 Å². The number of anilines is 1. The highest BCUT2D eigenvalue weighted by Crippen LogP contribution is 2.20. The van der Waals surface area contributed by atoms with Crippen molar-refractivity contribution in [1.29, 1.82) is 0 Å². The number of pyridine rings is 1. The van der Waals surface area contributed by atoms with Crippen LogP contribution in [0.25, 0.3) is 0 Å². The molecule has 1 aromatic heterocycles. The molecule has 8 heteroatoms. The molecule has 0 radical (unpaired) electrons. The molecule has 0 aliphatic rings. The number of hydrogen-bond acceptors (Lipinski definition) is 5. The van der Waals surface area contributed by atoms with Crippen LogP contribution in [0.3, 0.4) is 0 Å². The third-order valence-corrected chi connectivity index (χ3v) is 5.64. The highest BCUT2D eigenvalue weighted by molar-refractivity contribution is 7.92. The molecule has 0 unspecified atom stereocenters. The fraction of sp³-hybridized carbons (Fsp3) is 0.182. The van der Waals surface area contributed by atoms with Crippen molar-refractivity contribution in [2.45, 2.75) is 18.2 Å². The van der Waals surface area contributed by atoms with Gasteiger partial charge in [0, 0.05) is 30.2 Å². The largest absolute Gasteiger partial charge is 0.494 e. The summed E-state index contributed by atoms with van der Waals surface area (Å²) in [6, 6.07) is 16.3. The van der Waals surface area contributed by atoms with E-state index in [2.05, 4.69) is 15.0 Å². The fourth-order valence-electron chi connectivity index (χ4n) is 2.79. The minimum Gasteiger partial charge on any atom is -0.494 e. The number of nitrogens with one attached hydrogen (secondary N) is 2. The maximum atomic E-state index is 12.6. The summed E-state index contributed by atoms with van der Waals surface area (Å²) in [7, 11) is -3.78. The highest BCUT2D eigenvalue weighted by atomic mass is 32.2. The molecule has 0 fully saturated rings. The molecule has 0 atom stereocenters. The van der Waals surface area contributed by atoms with Gasteiger partial charge in [-0.3, -0.25) is 14.5 Å². The zero-order chi connectivity index (χ0) is 21.4. The van der Waals surface area contributed by atoms with E-state index in [4.69, 9.17) is 4.74 Å². The van der Waals surface area contributed by atoms with Gasteiger partial charge >= 0.3 is 0 Å². The number of benzene rings is 2. The molecule has 0 saturated carbocycles. The average molecular weight is 426 g/mol. The summed E-state index contributed by atoms with van der Waals surface area (Å²) in [5.74, 6) is 0.322. The van der Waals surface area contributed by atoms with E-state index in [9.17, 15) is 13.2 Å². The molecule has 1 amide bonds. The number of amides is 1. The van der Waals surface area contributed by atoms with E-state index in [-0.39, 0.29) is 10.8 Å². The van der Waals surface area contributed by atoms with Crippen molar-refractivity contribution in [2.24, 2.45) is 0 Å². The van der Waals surface area contributed by atoms with Crippen LogP contribution in [0.4, 0.5) is 5.69 Å². The first-order valence-electron chi connectivity index (χ1n) is 9.51. The minimum atomic E-state index is -3.78. The maximum absolute atomic E-state index is 12.6. The van der Waals surface area contributed by atoms with Crippen LogP contribution in [0.2, 0.25) is 0 Å². The Labute approximate surface area is 176 Å². The quantitative estimate of drug-likeness (QED) is 0.548. The average Bonchev–Trinajstić information content (AvgIpc) is 2.75. The standard InChI is InChI=1S/C22H23N3O4S/c1-2-29-20-8-10-21(11-9-20)30(27,28)25-19-7-3-6-18(15-19)22(26)24-14-12-17-5-4-13-23-16-17/h3-11,13,15-16,25H,2,12,14H2,1H3,(H,24,26). The van der Waals surface area contributed by atoms with Gasteiger partial charge in [-0.15, -0.1) is 0 Å². The predicted octanol–water partition coefficient (Wildman–Crippen LogP) is 3.25. The fourth-order valence-corrected chi connectivity index (χ4v) is 3.84. The summed E-state index contributed by atoms with van der Waals surface area (Å²) in [4.78, 5) is 16.6. The summed E-state index contributed by atoms with van der Waals surface area (Å²) in [5.41, 5.74) is 1.70. The molecule has 3 aromatic rings. The second-order valence-electron chi connectivity index (χ2n) is 6.46. The monoisotopic (exact) mass is 425 g/mol. The van der Waals surface area contributed by atoms with Crippen molar-refractivity contribution in [1.82, 2.24) is 10.3 Å². The van der Waals surface area contributed by atoms with Gasteiger partial charge in [0.15, 0.2) is 0 Å². The smallest absolute Gasteiger partial charge is 0.261 e. The van der Waals surface area contributed by atoms with Crippen molar-refractivity contribution in [3.8, 4) is 5.75 Å². The zero-order valence-electron chi connectivity index (χ0n) is 16.5. The maximum Gasteiger partial charge on any atom is 0.261 e. The van der Waals surface area contributed by atoms with Crippen LogP contribution >= 0.6 is 0 Å². The Morgan fingerprint density at radius 1 is 1.07 bits per heavy atom. The number of nitrogens with zero attached hydrogens (tertiary/aromatic N) is 1. The van der Waals surface area contributed by atoms with Gasteiger partial charge in [-0.05, 0) is 67.4 Å². The molecule has 156 valence electrons. The topological polar surface area (TPSA) is 97.4 Å². The van der Waals surface area contributed by atoms with Crippen LogP contribution in [-0.4, -0.2) is 32.5 Å². The van der Waals surface area contributed by atoms with E-state index in [0.29, 0.717) is 36.6 Å². The lowest BCUT2D eigenvalue weighted by molar-refractivity contribution is 0.0954. The lowest BCUT2D eigenvalue weighted by Crippen LogP contribution is -2.25. The Hall–Kier alpha value is -3.39. The van der Waals surface area contributed by atoms with Gasteiger partial charge < -0.3 is 10.1 Å². The number of hydrogen-bond donors (Lipinski definition) is 2. The van der Waals surface area contributed by atoms with Gasteiger partial charge in [0.1, 0.15) is 5.75 Å². The molecule has 0 aliphatic heterocycles. The van der Waals surface area contributed by atoms with Crippen molar-refractivity contribution in [3.05, 3.63) is 84.2 Å². The molecular weight excluding hydrogens is 402 g/mol. The lowest BCUT2D eigenvalue weighted by Gasteiger charge is -2.11. The van der Waals surface area contributed by atoms with Gasteiger partial charge in [0.25, 0.3) is 15.9 Å². The first-order valence-corrected chi connectivity index (χ1v) is 11.0. The van der Waals surface area contributed by atoms with Crippen LogP contribution in [-0.2, 0) is 16.4 Å². The van der Waals surface area contributed by atoms with E-state index >= 15 is 0 Å². The Balaban J connectivity index is 1.63. The van der Waals surface area contributed by atoms with Gasteiger partial charge in [-0.25, -0.2) is 8.42 Å². The number of carbonyl (C=O) groups is 1. The third-order valence-electron chi connectivity index (χ3n) is 4.24. The van der Waals surface area contributed by atoms with Crippen LogP contribution in [0.15, 0.2) is 78.0 Å². The summed E-state index contributed by atoms with van der Waals surface area (Å²) < 4.78 is 33.1. The van der Waals surface area contributed by atoms with Gasteiger partial charge in [-0.2, -0.15) is 0 Å². The molecule has 2 aromatic carbocycles. The van der Waals surface area contributed by atoms with E-state index in [1.165, 1.54) is 18.2 Å². The SMILES string of the molecule is CCOc1ccc(S(=O)(=O)Nc2cccc(C(=O)NCCc3cccnc3)c2)cc1. The second kappa shape index (κ2) is 9.89. The first kappa shape index (κ1) is 21.3. The van der Waals surface area contributed by atoms with Gasteiger partial charge in [0.05, 0.1) is 11.5 Å². The summed E-state index contributed by atoms with van der Waals surface area (Å²) in [5, 5.41) is 2.83. The number of aromatic nitrogens is 1. The van der Waals surface area contributed by atoms with Crippen LogP contribution < -0.4 is 14.8 Å². The second-order valence-corrected chi connectivity index (χ2v) is 8.14. The minimum absolute atomic E-state index is 0.109. The Bertz CT molecular complexity index is 1080. The third kappa shape index (κ3) is 5.81. The van der Waals surface area contributed by atoms with Crippen LogP contribution in [0, 0.1) is 0 Å². The summed E-state index contributed by atoms with van der Waals surface area (Å²) >= 11 is 0.